The lowest BCUT2D eigenvalue weighted by atomic mass is 9.91. The number of benzene rings is 1. The number of carbonyl (C=O) groups excluding carboxylic acids is 1. The zero-order valence-electron chi connectivity index (χ0n) is 13.8. The Morgan fingerprint density at radius 1 is 1.38 bits per heavy atom. The lowest BCUT2D eigenvalue weighted by Crippen LogP contribution is -2.43. The van der Waals surface area contributed by atoms with Crippen LogP contribution in [0.1, 0.15) is 38.2 Å². The highest BCUT2D eigenvalue weighted by Crippen LogP contribution is 2.26. The van der Waals surface area contributed by atoms with E-state index in [1.54, 1.807) is 12.1 Å². The molecule has 6 heteroatoms. The molecule has 0 bridgehead atoms. The van der Waals surface area contributed by atoms with Crippen molar-refractivity contribution in [1.82, 2.24) is 4.90 Å². The van der Waals surface area contributed by atoms with Crippen LogP contribution in [0.4, 0.5) is 0 Å². The molecule has 4 nitrogen and oxygen atoms in total. The molecule has 24 heavy (non-hydrogen) atoms. The van der Waals surface area contributed by atoms with Gasteiger partial charge in [-0.15, -0.1) is 0 Å². The molecule has 1 fully saturated rings. The van der Waals surface area contributed by atoms with E-state index in [4.69, 9.17) is 28.3 Å². The zero-order valence-corrected chi connectivity index (χ0v) is 15.3. The van der Waals surface area contributed by atoms with Gasteiger partial charge in [0.05, 0.1) is 0 Å². The van der Waals surface area contributed by atoms with Crippen LogP contribution in [-0.2, 0) is 16.0 Å². The minimum absolute atomic E-state index is 0.112. The second-order valence-electron chi connectivity index (χ2n) is 6.57. The molecular formula is C18H23Cl2NO3. The van der Waals surface area contributed by atoms with Gasteiger partial charge in [-0.1, -0.05) is 36.2 Å². The van der Waals surface area contributed by atoms with Crippen molar-refractivity contribution in [2.45, 2.75) is 39.0 Å². The minimum atomic E-state index is -0.774. The van der Waals surface area contributed by atoms with Crippen LogP contribution in [-0.4, -0.2) is 35.0 Å². The Labute approximate surface area is 152 Å². The summed E-state index contributed by atoms with van der Waals surface area (Å²) in [5.41, 5.74) is 0.918. The van der Waals surface area contributed by atoms with Gasteiger partial charge >= 0.3 is 5.97 Å². The topological polar surface area (TPSA) is 57.6 Å². The predicted octanol–water partition coefficient (Wildman–Crippen LogP) is 4.28. The third-order valence-corrected chi connectivity index (χ3v) is 5.15. The van der Waals surface area contributed by atoms with Gasteiger partial charge in [0.25, 0.3) is 0 Å². The number of piperidine rings is 1. The molecule has 0 spiro atoms. The van der Waals surface area contributed by atoms with E-state index in [1.165, 1.54) is 0 Å². The van der Waals surface area contributed by atoms with Crippen LogP contribution in [0.2, 0.25) is 10.0 Å². The maximum absolute atomic E-state index is 12.7. The fourth-order valence-corrected chi connectivity index (χ4v) is 3.73. The van der Waals surface area contributed by atoms with Crippen LogP contribution < -0.4 is 0 Å². The van der Waals surface area contributed by atoms with Crippen molar-refractivity contribution in [1.29, 1.82) is 0 Å². The Morgan fingerprint density at radius 2 is 2.12 bits per heavy atom. The fraction of sp³-hybridized carbons (Fsp3) is 0.556. The Kier molecular flexibility index (Phi) is 6.93. The number of hydrogen-bond donors (Lipinski definition) is 1. The summed E-state index contributed by atoms with van der Waals surface area (Å²) in [7, 11) is 0. The minimum Gasteiger partial charge on any atom is -0.481 e. The number of likely N-dealkylation sites (tertiary alicyclic amines) is 1. The van der Waals surface area contributed by atoms with Crippen molar-refractivity contribution < 1.29 is 14.7 Å². The monoisotopic (exact) mass is 371 g/mol. The molecule has 1 aromatic rings. The maximum Gasteiger partial charge on any atom is 0.303 e. The van der Waals surface area contributed by atoms with E-state index >= 15 is 0 Å². The van der Waals surface area contributed by atoms with Gasteiger partial charge in [0.2, 0.25) is 5.91 Å². The second-order valence-corrected chi connectivity index (χ2v) is 7.41. The first-order valence-electron chi connectivity index (χ1n) is 8.31. The molecule has 0 saturated carbocycles. The molecule has 2 rings (SSSR count). The van der Waals surface area contributed by atoms with Crippen molar-refractivity contribution >= 4 is 35.1 Å². The largest absolute Gasteiger partial charge is 0.481 e. The number of carbonyl (C=O) groups is 2. The molecule has 0 aromatic heterocycles. The van der Waals surface area contributed by atoms with E-state index in [2.05, 4.69) is 0 Å². The molecule has 1 aliphatic rings. The summed E-state index contributed by atoms with van der Waals surface area (Å²) in [6, 6.07) is 5.33. The number of halogens is 2. The van der Waals surface area contributed by atoms with Gasteiger partial charge in [0.1, 0.15) is 0 Å². The average molecular weight is 372 g/mol. The van der Waals surface area contributed by atoms with Crippen molar-refractivity contribution in [3.8, 4) is 0 Å². The molecule has 0 radical (unpaired) electrons. The van der Waals surface area contributed by atoms with Crippen LogP contribution >= 0.6 is 23.2 Å². The number of aliphatic carboxylic acids is 1. The molecule has 1 N–H and O–H groups in total. The molecule has 2 unspecified atom stereocenters. The highest BCUT2D eigenvalue weighted by Gasteiger charge is 2.27. The van der Waals surface area contributed by atoms with Gasteiger partial charge in [-0.3, -0.25) is 9.59 Å². The quantitative estimate of drug-likeness (QED) is 0.811. The third kappa shape index (κ3) is 5.38. The smallest absolute Gasteiger partial charge is 0.303 e. The van der Waals surface area contributed by atoms with Gasteiger partial charge in [-0.25, -0.2) is 0 Å². The highest BCUT2D eigenvalue weighted by molar-refractivity contribution is 6.35. The molecule has 1 saturated heterocycles. The number of rotatable bonds is 6. The lowest BCUT2D eigenvalue weighted by molar-refractivity contribution is -0.137. The molecule has 1 amide bonds. The van der Waals surface area contributed by atoms with E-state index in [0.29, 0.717) is 29.4 Å². The van der Waals surface area contributed by atoms with Crippen LogP contribution in [0.3, 0.4) is 0 Å². The fourth-order valence-electron chi connectivity index (χ4n) is 3.24. The summed E-state index contributed by atoms with van der Waals surface area (Å²) in [6.45, 7) is 3.32. The number of hydrogen-bond acceptors (Lipinski definition) is 2. The van der Waals surface area contributed by atoms with Gasteiger partial charge in [-0.05, 0) is 49.3 Å². The molecule has 1 heterocycles. The van der Waals surface area contributed by atoms with Gasteiger partial charge in [-0.2, -0.15) is 0 Å². The van der Waals surface area contributed by atoms with E-state index in [-0.39, 0.29) is 24.2 Å². The molecule has 0 aliphatic carbocycles. The van der Waals surface area contributed by atoms with Crippen LogP contribution in [0.15, 0.2) is 18.2 Å². The SMILES string of the molecule is CC(Cc1ccc(Cl)cc1Cl)C(=O)N1CCCC(CCC(=O)O)C1. The Morgan fingerprint density at radius 3 is 2.79 bits per heavy atom. The summed E-state index contributed by atoms with van der Waals surface area (Å²) in [5, 5.41) is 9.98. The molecule has 132 valence electrons. The summed E-state index contributed by atoms with van der Waals surface area (Å²) in [5.74, 6) is -0.544. The second kappa shape index (κ2) is 8.72. The van der Waals surface area contributed by atoms with Gasteiger partial charge < -0.3 is 10.0 Å². The van der Waals surface area contributed by atoms with Crippen molar-refractivity contribution in [2.24, 2.45) is 11.8 Å². The van der Waals surface area contributed by atoms with E-state index in [1.807, 2.05) is 17.9 Å². The predicted molar refractivity (Wildman–Crippen MR) is 95.5 cm³/mol. The highest BCUT2D eigenvalue weighted by atomic mass is 35.5. The van der Waals surface area contributed by atoms with Gasteiger partial charge in [0.15, 0.2) is 0 Å². The summed E-state index contributed by atoms with van der Waals surface area (Å²) in [4.78, 5) is 25.3. The normalized spacial score (nSPS) is 19.1. The molecule has 1 aromatic carbocycles. The Hall–Kier alpha value is -1.26. The van der Waals surface area contributed by atoms with E-state index in [9.17, 15) is 9.59 Å². The first-order valence-corrected chi connectivity index (χ1v) is 9.07. The standard InChI is InChI=1S/C18H23Cl2NO3/c1-12(9-14-5-6-15(19)10-16(14)20)18(24)21-8-2-3-13(11-21)4-7-17(22)23/h5-6,10,12-13H,2-4,7-9,11H2,1H3,(H,22,23). The van der Waals surface area contributed by atoms with Crippen molar-refractivity contribution in [2.75, 3.05) is 13.1 Å². The van der Waals surface area contributed by atoms with E-state index < -0.39 is 5.97 Å². The molecule has 1 aliphatic heterocycles. The Bertz CT molecular complexity index is 606. The van der Waals surface area contributed by atoms with Crippen LogP contribution in [0.25, 0.3) is 0 Å². The molecular weight excluding hydrogens is 349 g/mol. The Balaban J connectivity index is 1.93. The van der Waals surface area contributed by atoms with E-state index in [0.717, 1.165) is 24.9 Å². The number of nitrogens with zero attached hydrogens (tertiary/aromatic N) is 1. The lowest BCUT2D eigenvalue weighted by Gasteiger charge is -2.34. The first-order chi connectivity index (χ1) is 11.4. The van der Waals surface area contributed by atoms with Crippen molar-refractivity contribution in [3.63, 3.8) is 0 Å². The number of carboxylic acids is 1. The van der Waals surface area contributed by atoms with Gasteiger partial charge in [0, 0.05) is 35.5 Å². The van der Waals surface area contributed by atoms with Crippen LogP contribution in [0, 0.1) is 11.8 Å². The zero-order chi connectivity index (χ0) is 17.7. The number of amides is 1. The first kappa shape index (κ1) is 19.1. The third-order valence-electron chi connectivity index (χ3n) is 4.56. The maximum atomic E-state index is 12.7. The summed E-state index contributed by atoms with van der Waals surface area (Å²) >= 11 is 12.1. The number of carboxylic acid groups (broad SMARTS) is 1. The average Bonchev–Trinajstić information content (AvgIpc) is 2.55. The summed E-state index contributed by atoms with van der Waals surface area (Å²) in [6.07, 6.45) is 3.31. The van der Waals surface area contributed by atoms with Crippen molar-refractivity contribution in [3.05, 3.63) is 33.8 Å². The molecule has 2 atom stereocenters. The van der Waals surface area contributed by atoms with Crippen LogP contribution in [0.5, 0.6) is 0 Å². The summed E-state index contributed by atoms with van der Waals surface area (Å²) < 4.78 is 0.